The summed E-state index contributed by atoms with van der Waals surface area (Å²) in [7, 11) is 0. The molecule has 24 heavy (non-hydrogen) atoms. The van der Waals surface area contributed by atoms with Crippen LogP contribution in [0.2, 0.25) is 0 Å². The van der Waals surface area contributed by atoms with E-state index in [2.05, 4.69) is 52.5 Å². The molecule has 1 atom stereocenters. The van der Waals surface area contributed by atoms with Crippen molar-refractivity contribution < 1.29 is 4.42 Å². The van der Waals surface area contributed by atoms with Crippen molar-refractivity contribution in [1.29, 1.82) is 0 Å². The molecule has 0 radical (unpaired) electrons. The maximum Gasteiger partial charge on any atom is 0.144 e. The number of hydrogen-bond acceptors (Lipinski definition) is 2. The van der Waals surface area contributed by atoms with Crippen LogP contribution in [-0.2, 0) is 0 Å². The first-order chi connectivity index (χ1) is 11.6. The Morgan fingerprint density at radius 3 is 2.79 bits per heavy atom. The molecule has 2 nitrogen and oxygen atoms in total. The average Bonchev–Trinajstić information content (AvgIpc) is 2.92. The van der Waals surface area contributed by atoms with Crippen molar-refractivity contribution in [2.45, 2.75) is 40.5 Å². The number of fused-ring (bicyclic) bond motifs is 1. The van der Waals surface area contributed by atoms with Crippen molar-refractivity contribution in [3.05, 3.63) is 59.0 Å². The van der Waals surface area contributed by atoms with Gasteiger partial charge in [-0.25, -0.2) is 0 Å². The standard InChI is InChI=1S/C22H25NO/c1-6-8-9-20-17(7-2)18-11-10-14(3)21(22(18)24-20)19-12-15(4)16(5)13-23-19/h7-11,13,15H,2,6,12H2,1,3-5H3/b9-8-. The van der Waals surface area contributed by atoms with Crippen LogP contribution in [0.1, 0.15) is 56.1 Å². The van der Waals surface area contributed by atoms with E-state index in [0.717, 1.165) is 46.4 Å². The molecule has 3 rings (SSSR count). The van der Waals surface area contributed by atoms with Crippen molar-refractivity contribution in [2.24, 2.45) is 10.9 Å². The van der Waals surface area contributed by atoms with Gasteiger partial charge < -0.3 is 4.42 Å². The summed E-state index contributed by atoms with van der Waals surface area (Å²) in [5, 5.41) is 1.11. The van der Waals surface area contributed by atoms with E-state index >= 15 is 0 Å². The van der Waals surface area contributed by atoms with Gasteiger partial charge in [-0.2, -0.15) is 0 Å². The maximum absolute atomic E-state index is 6.26. The van der Waals surface area contributed by atoms with E-state index in [1.54, 1.807) is 0 Å². The second kappa shape index (κ2) is 6.64. The maximum atomic E-state index is 6.26. The van der Waals surface area contributed by atoms with E-state index in [1.807, 2.05) is 18.4 Å². The third kappa shape index (κ3) is 2.77. The number of hydrogen-bond donors (Lipinski definition) is 0. The van der Waals surface area contributed by atoms with Gasteiger partial charge in [0.05, 0.1) is 5.71 Å². The molecule has 0 aliphatic carbocycles. The number of aliphatic imine (C=N–C) groups is 1. The first kappa shape index (κ1) is 16.5. The first-order valence-corrected chi connectivity index (χ1v) is 8.65. The van der Waals surface area contributed by atoms with Gasteiger partial charge in [-0.3, -0.25) is 4.99 Å². The zero-order valence-corrected chi connectivity index (χ0v) is 15.0. The van der Waals surface area contributed by atoms with Crippen LogP contribution in [0.4, 0.5) is 0 Å². The molecule has 1 unspecified atom stereocenters. The number of aryl methyl sites for hydroxylation is 1. The smallest absolute Gasteiger partial charge is 0.144 e. The topological polar surface area (TPSA) is 25.5 Å². The summed E-state index contributed by atoms with van der Waals surface area (Å²) < 4.78 is 6.26. The van der Waals surface area contributed by atoms with E-state index in [1.165, 1.54) is 11.1 Å². The van der Waals surface area contributed by atoms with Gasteiger partial charge in [-0.1, -0.05) is 50.3 Å². The molecule has 2 heteroatoms. The molecule has 2 aromatic rings. The quantitative estimate of drug-likeness (QED) is 0.628. The Morgan fingerprint density at radius 2 is 2.12 bits per heavy atom. The lowest BCUT2D eigenvalue weighted by molar-refractivity contribution is 0.601. The lowest BCUT2D eigenvalue weighted by atomic mass is 9.89. The van der Waals surface area contributed by atoms with Gasteiger partial charge in [0.25, 0.3) is 0 Å². The minimum Gasteiger partial charge on any atom is -0.455 e. The van der Waals surface area contributed by atoms with E-state index in [9.17, 15) is 0 Å². The summed E-state index contributed by atoms with van der Waals surface area (Å²) in [5.74, 6) is 1.39. The Kier molecular flexibility index (Phi) is 4.57. The van der Waals surface area contributed by atoms with Crippen LogP contribution in [0.3, 0.4) is 0 Å². The van der Waals surface area contributed by atoms with Gasteiger partial charge >= 0.3 is 0 Å². The minimum atomic E-state index is 0.514. The SMILES string of the molecule is C=Cc1c(/C=C\CC)oc2c(C3=NC=C(C)C(C)C3)c(C)ccc12. The highest BCUT2D eigenvalue weighted by Crippen LogP contribution is 2.34. The van der Waals surface area contributed by atoms with Gasteiger partial charge in [0.2, 0.25) is 0 Å². The van der Waals surface area contributed by atoms with E-state index < -0.39 is 0 Å². The second-order valence-electron chi connectivity index (χ2n) is 6.58. The van der Waals surface area contributed by atoms with Crippen LogP contribution in [0.15, 0.2) is 46.0 Å². The molecular weight excluding hydrogens is 294 g/mol. The number of furan rings is 1. The van der Waals surface area contributed by atoms with E-state index in [4.69, 9.17) is 9.41 Å². The highest BCUT2D eigenvalue weighted by molar-refractivity contribution is 6.12. The molecule has 1 aromatic heterocycles. The van der Waals surface area contributed by atoms with Crippen molar-refractivity contribution >= 4 is 28.8 Å². The lowest BCUT2D eigenvalue weighted by Crippen LogP contribution is -2.13. The lowest BCUT2D eigenvalue weighted by Gasteiger charge is -2.19. The Morgan fingerprint density at radius 1 is 1.33 bits per heavy atom. The monoisotopic (exact) mass is 319 g/mol. The summed E-state index contributed by atoms with van der Waals surface area (Å²) in [5.41, 5.74) is 6.79. The van der Waals surface area contributed by atoms with Crippen LogP contribution in [0, 0.1) is 12.8 Å². The molecule has 1 aliphatic heterocycles. The van der Waals surface area contributed by atoms with Crippen LogP contribution < -0.4 is 0 Å². The molecule has 124 valence electrons. The van der Waals surface area contributed by atoms with Crippen LogP contribution >= 0.6 is 0 Å². The Balaban J connectivity index is 2.25. The zero-order chi connectivity index (χ0) is 17.3. The predicted molar refractivity (Wildman–Crippen MR) is 104 cm³/mol. The number of rotatable bonds is 4. The summed E-state index contributed by atoms with van der Waals surface area (Å²) in [6.45, 7) is 12.6. The average molecular weight is 319 g/mol. The van der Waals surface area contributed by atoms with Gasteiger partial charge in [0.1, 0.15) is 11.3 Å². The van der Waals surface area contributed by atoms with Gasteiger partial charge in [-0.15, -0.1) is 0 Å². The fraction of sp³-hybridized carbons (Fsp3) is 0.318. The summed E-state index contributed by atoms with van der Waals surface area (Å²) in [4.78, 5) is 4.72. The third-order valence-corrected chi connectivity index (χ3v) is 4.83. The molecule has 0 spiro atoms. The highest BCUT2D eigenvalue weighted by atomic mass is 16.3. The van der Waals surface area contributed by atoms with Crippen LogP contribution in [-0.4, -0.2) is 5.71 Å². The van der Waals surface area contributed by atoms with Crippen molar-refractivity contribution in [3.8, 4) is 0 Å². The van der Waals surface area contributed by atoms with Crippen LogP contribution in [0.5, 0.6) is 0 Å². The van der Waals surface area contributed by atoms with Gasteiger partial charge in [0.15, 0.2) is 0 Å². The first-order valence-electron chi connectivity index (χ1n) is 8.65. The normalized spacial score (nSPS) is 18.1. The molecule has 1 aromatic carbocycles. The van der Waals surface area contributed by atoms with Crippen molar-refractivity contribution in [2.75, 3.05) is 0 Å². The molecule has 0 N–H and O–H groups in total. The Labute approximate surface area is 144 Å². The fourth-order valence-electron chi connectivity index (χ4n) is 3.19. The largest absolute Gasteiger partial charge is 0.455 e. The third-order valence-electron chi connectivity index (χ3n) is 4.83. The Hall–Kier alpha value is -2.35. The highest BCUT2D eigenvalue weighted by Gasteiger charge is 2.22. The summed E-state index contributed by atoms with van der Waals surface area (Å²) >= 11 is 0. The zero-order valence-electron chi connectivity index (χ0n) is 15.0. The molecule has 1 aliphatic rings. The number of nitrogens with zero attached hydrogens (tertiary/aromatic N) is 1. The molecule has 0 saturated heterocycles. The van der Waals surface area contributed by atoms with E-state index in [0.29, 0.717) is 5.92 Å². The Bertz CT molecular complexity index is 877. The fourth-order valence-corrected chi connectivity index (χ4v) is 3.19. The second-order valence-corrected chi connectivity index (χ2v) is 6.58. The molecule has 0 amide bonds. The molecular formula is C22H25NO. The number of benzene rings is 1. The van der Waals surface area contributed by atoms with Crippen molar-refractivity contribution in [1.82, 2.24) is 0 Å². The predicted octanol–water partition coefficient (Wildman–Crippen LogP) is 6.54. The number of allylic oxidation sites excluding steroid dienone is 2. The summed E-state index contributed by atoms with van der Waals surface area (Å²) in [6.07, 6.45) is 9.97. The van der Waals surface area contributed by atoms with Gasteiger partial charge in [-0.05, 0) is 44.2 Å². The summed E-state index contributed by atoms with van der Waals surface area (Å²) in [6, 6.07) is 4.29. The minimum absolute atomic E-state index is 0.514. The van der Waals surface area contributed by atoms with E-state index in [-0.39, 0.29) is 0 Å². The van der Waals surface area contributed by atoms with Crippen LogP contribution in [0.25, 0.3) is 23.1 Å². The molecule has 0 fully saturated rings. The molecule has 0 bridgehead atoms. The van der Waals surface area contributed by atoms with Crippen molar-refractivity contribution in [3.63, 3.8) is 0 Å². The molecule has 0 saturated carbocycles. The molecule has 2 heterocycles. The van der Waals surface area contributed by atoms with Gasteiger partial charge in [0, 0.05) is 22.7 Å².